The predicted octanol–water partition coefficient (Wildman–Crippen LogP) is 2.49. The fraction of sp³-hybridized carbons (Fsp3) is 0.636. The maximum absolute atomic E-state index is 8.79. The first-order chi connectivity index (χ1) is 6.35. The van der Waals surface area contributed by atoms with Gasteiger partial charge < -0.3 is 5.21 Å². The fourth-order valence-electron chi connectivity index (χ4n) is 1.15. The molecule has 0 fully saturated rings. The van der Waals surface area contributed by atoms with Gasteiger partial charge in [0.15, 0.2) is 0 Å². The van der Waals surface area contributed by atoms with Crippen LogP contribution in [0.25, 0.3) is 0 Å². The van der Waals surface area contributed by atoms with Gasteiger partial charge in [-0.3, -0.25) is 0 Å². The second kappa shape index (κ2) is 9.31. The van der Waals surface area contributed by atoms with Crippen molar-refractivity contribution in [2.24, 2.45) is 0 Å². The number of hydrogen-bond acceptors (Lipinski definition) is 2. The van der Waals surface area contributed by atoms with Gasteiger partial charge in [-0.1, -0.05) is 6.08 Å². The molecule has 2 heteroatoms. The van der Waals surface area contributed by atoms with Crippen molar-refractivity contribution in [1.82, 2.24) is 5.48 Å². The Morgan fingerprint density at radius 3 is 2.85 bits per heavy atom. The van der Waals surface area contributed by atoms with Crippen LogP contribution in [0.2, 0.25) is 0 Å². The molecule has 0 amide bonds. The van der Waals surface area contributed by atoms with Crippen LogP contribution in [-0.2, 0) is 0 Å². The number of nitrogens with one attached hydrogen (secondary N) is 1. The highest BCUT2D eigenvalue weighted by atomic mass is 16.5. The zero-order chi connectivity index (χ0) is 9.94. The third kappa shape index (κ3) is 7.58. The first-order valence-electron chi connectivity index (χ1n) is 4.75. The summed E-state index contributed by atoms with van der Waals surface area (Å²) in [4.78, 5) is 0. The van der Waals surface area contributed by atoms with Crippen LogP contribution >= 0.6 is 0 Å². The number of hydroxylamine groups is 1. The van der Waals surface area contributed by atoms with Gasteiger partial charge in [0.1, 0.15) is 0 Å². The molecule has 0 bridgehead atoms. The molecule has 0 aromatic heterocycles. The summed E-state index contributed by atoms with van der Waals surface area (Å²) in [6.07, 6.45) is 6.69. The van der Waals surface area contributed by atoms with E-state index < -0.39 is 0 Å². The molecule has 13 heavy (non-hydrogen) atoms. The first kappa shape index (κ1) is 12.2. The molecule has 0 radical (unpaired) electrons. The van der Waals surface area contributed by atoms with Crippen LogP contribution in [0.15, 0.2) is 12.7 Å². The van der Waals surface area contributed by atoms with Crippen molar-refractivity contribution < 1.29 is 5.21 Å². The minimum Gasteiger partial charge on any atom is -0.317 e. The van der Waals surface area contributed by atoms with Crippen LogP contribution in [-0.4, -0.2) is 11.2 Å². The van der Waals surface area contributed by atoms with Crippen LogP contribution in [0.5, 0.6) is 0 Å². The van der Waals surface area contributed by atoms with Gasteiger partial charge in [0.05, 0.1) is 0 Å². The number of hydrogen-bond donors (Lipinski definition) is 2. The molecular weight excluding hydrogens is 162 g/mol. The van der Waals surface area contributed by atoms with Gasteiger partial charge in [0, 0.05) is 12.5 Å². The highest BCUT2D eigenvalue weighted by molar-refractivity contribution is 4.94. The molecule has 0 saturated carbocycles. The lowest BCUT2D eigenvalue weighted by Gasteiger charge is -2.12. The number of allylic oxidation sites excluding steroid dienone is 1. The Morgan fingerprint density at radius 2 is 2.31 bits per heavy atom. The molecule has 1 atom stereocenters. The molecule has 0 rings (SSSR count). The summed E-state index contributed by atoms with van der Waals surface area (Å²) in [6, 6.07) is 0.191. The molecule has 2 nitrogen and oxygen atoms in total. The van der Waals surface area contributed by atoms with Crippen molar-refractivity contribution in [3.05, 3.63) is 12.7 Å². The standard InChI is InChI=1S/C11H19NO/c1-3-5-7-8-10-11(12-13)9-6-4-2/h4,11-13H,2,6-10H2,1H3. The molecule has 0 spiro atoms. The van der Waals surface area contributed by atoms with Crippen molar-refractivity contribution in [2.75, 3.05) is 0 Å². The summed E-state index contributed by atoms with van der Waals surface area (Å²) in [5.41, 5.74) is 2.32. The van der Waals surface area contributed by atoms with E-state index in [-0.39, 0.29) is 6.04 Å². The summed E-state index contributed by atoms with van der Waals surface area (Å²) >= 11 is 0. The van der Waals surface area contributed by atoms with Gasteiger partial charge in [0.2, 0.25) is 0 Å². The van der Waals surface area contributed by atoms with Gasteiger partial charge in [-0.2, -0.15) is 0 Å². The topological polar surface area (TPSA) is 32.3 Å². The lowest BCUT2D eigenvalue weighted by molar-refractivity contribution is 0.117. The molecule has 0 heterocycles. The van der Waals surface area contributed by atoms with Crippen LogP contribution in [0.1, 0.15) is 39.0 Å². The van der Waals surface area contributed by atoms with Gasteiger partial charge in [0.25, 0.3) is 0 Å². The second-order valence-electron chi connectivity index (χ2n) is 3.01. The van der Waals surface area contributed by atoms with E-state index >= 15 is 0 Å². The summed E-state index contributed by atoms with van der Waals surface area (Å²) in [5, 5.41) is 8.79. The zero-order valence-corrected chi connectivity index (χ0v) is 8.34. The van der Waals surface area contributed by atoms with Crippen LogP contribution in [0, 0.1) is 11.8 Å². The van der Waals surface area contributed by atoms with Gasteiger partial charge in [-0.25, -0.2) is 5.48 Å². The maximum Gasteiger partial charge on any atom is 0.0323 e. The molecule has 0 aliphatic rings. The molecule has 0 aliphatic carbocycles. The molecule has 0 aliphatic heterocycles. The van der Waals surface area contributed by atoms with Gasteiger partial charge in [-0.15, -0.1) is 18.4 Å². The van der Waals surface area contributed by atoms with E-state index in [2.05, 4.69) is 23.9 Å². The molecule has 74 valence electrons. The smallest absolute Gasteiger partial charge is 0.0323 e. The molecular formula is C11H19NO. The molecule has 0 saturated heterocycles. The van der Waals surface area contributed by atoms with Gasteiger partial charge in [-0.05, 0) is 32.6 Å². The minimum atomic E-state index is 0.191. The van der Waals surface area contributed by atoms with E-state index in [1.165, 1.54) is 0 Å². The Bertz CT molecular complexity index is 178. The van der Waals surface area contributed by atoms with E-state index in [0.29, 0.717) is 0 Å². The van der Waals surface area contributed by atoms with Crippen LogP contribution < -0.4 is 5.48 Å². The van der Waals surface area contributed by atoms with Gasteiger partial charge >= 0.3 is 0 Å². The summed E-state index contributed by atoms with van der Waals surface area (Å²) in [6.45, 7) is 5.49. The first-order valence-corrected chi connectivity index (χ1v) is 4.75. The Balaban J connectivity index is 3.44. The Morgan fingerprint density at radius 1 is 1.54 bits per heavy atom. The normalized spacial score (nSPS) is 11.5. The van der Waals surface area contributed by atoms with Crippen molar-refractivity contribution in [3.63, 3.8) is 0 Å². The molecule has 0 aromatic rings. The SMILES string of the molecule is C=CCCC(CCCC#CC)NO. The monoisotopic (exact) mass is 181 g/mol. The molecule has 1 unspecified atom stereocenters. The Hall–Kier alpha value is -0.780. The third-order valence-electron chi connectivity index (χ3n) is 1.93. The average Bonchev–Trinajstić information content (AvgIpc) is 2.17. The highest BCUT2D eigenvalue weighted by Crippen LogP contribution is 2.06. The third-order valence-corrected chi connectivity index (χ3v) is 1.93. The molecule has 0 aromatic carbocycles. The van der Waals surface area contributed by atoms with E-state index in [0.717, 1.165) is 32.1 Å². The lowest BCUT2D eigenvalue weighted by atomic mass is 10.1. The zero-order valence-electron chi connectivity index (χ0n) is 8.34. The van der Waals surface area contributed by atoms with E-state index in [1.807, 2.05) is 13.0 Å². The van der Waals surface area contributed by atoms with E-state index in [9.17, 15) is 0 Å². The van der Waals surface area contributed by atoms with Crippen molar-refractivity contribution in [1.29, 1.82) is 0 Å². The van der Waals surface area contributed by atoms with Crippen molar-refractivity contribution in [3.8, 4) is 11.8 Å². The number of unbranched alkanes of at least 4 members (excludes halogenated alkanes) is 1. The predicted molar refractivity (Wildman–Crippen MR) is 55.4 cm³/mol. The van der Waals surface area contributed by atoms with Crippen LogP contribution in [0.3, 0.4) is 0 Å². The summed E-state index contributed by atoms with van der Waals surface area (Å²) < 4.78 is 0. The van der Waals surface area contributed by atoms with Crippen molar-refractivity contribution in [2.45, 2.75) is 45.1 Å². The average molecular weight is 181 g/mol. The summed E-state index contributed by atoms with van der Waals surface area (Å²) in [7, 11) is 0. The molecule has 2 N–H and O–H groups in total. The lowest BCUT2D eigenvalue weighted by Crippen LogP contribution is -2.25. The Labute approximate surface area is 81.0 Å². The highest BCUT2D eigenvalue weighted by Gasteiger charge is 2.04. The second-order valence-corrected chi connectivity index (χ2v) is 3.01. The quantitative estimate of drug-likeness (QED) is 0.274. The van der Waals surface area contributed by atoms with Crippen LogP contribution in [0.4, 0.5) is 0 Å². The largest absolute Gasteiger partial charge is 0.317 e. The number of rotatable bonds is 7. The van der Waals surface area contributed by atoms with E-state index in [4.69, 9.17) is 5.21 Å². The Kier molecular flexibility index (Phi) is 8.75. The maximum atomic E-state index is 8.79. The summed E-state index contributed by atoms with van der Waals surface area (Å²) in [5.74, 6) is 5.86. The fourth-order valence-corrected chi connectivity index (χ4v) is 1.15. The van der Waals surface area contributed by atoms with Crippen molar-refractivity contribution >= 4 is 0 Å². The van der Waals surface area contributed by atoms with E-state index in [1.54, 1.807) is 0 Å². The minimum absolute atomic E-state index is 0.191.